The number of carbonyl (C=O) groups is 2. The zero-order chi connectivity index (χ0) is 18.6. The first-order chi connectivity index (χ1) is 13.2. The minimum absolute atomic E-state index is 0.133. The van der Waals surface area contributed by atoms with Gasteiger partial charge in [-0.2, -0.15) is 5.10 Å². The second-order valence-electron chi connectivity index (χ2n) is 6.26. The number of furan rings is 1. The highest BCUT2D eigenvalue weighted by atomic mass is 16.3. The molecule has 2 amide bonds. The van der Waals surface area contributed by atoms with Crippen LogP contribution in [0.2, 0.25) is 0 Å². The highest BCUT2D eigenvalue weighted by Crippen LogP contribution is 2.24. The number of hydrogen-bond acceptors (Lipinski definition) is 6. The van der Waals surface area contributed by atoms with Crippen molar-refractivity contribution in [1.82, 2.24) is 30.0 Å². The lowest BCUT2D eigenvalue weighted by Gasteiger charge is -2.33. The van der Waals surface area contributed by atoms with Crippen LogP contribution in [-0.2, 0) is 17.9 Å². The fraction of sp³-hybridized carbons (Fsp3) is 0.278. The average Bonchev–Trinajstić information content (AvgIpc) is 3.38. The van der Waals surface area contributed by atoms with Crippen LogP contribution in [0.15, 0.2) is 53.7 Å². The Morgan fingerprint density at radius 3 is 2.96 bits per heavy atom. The van der Waals surface area contributed by atoms with Crippen LogP contribution in [0.5, 0.6) is 0 Å². The van der Waals surface area contributed by atoms with Gasteiger partial charge in [0.2, 0.25) is 5.91 Å². The van der Waals surface area contributed by atoms with Crippen LogP contribution in [0.4, 0.5) is 0 Å². The molecule has 3 aromatic rings. The van der Waals surface area contributed by atoms with E-state index in [4.69, 9.17) is 4.42 Å². The maximum absolute atomic E-state index is 12.7. The van der Waals surface area contributed by atoms with Gasteiger partial charge < -0.3 is 14.6 Å². The lowest BCUT2D eigenvalue weighted by atomic mass is 10.1. The summed E-state index contributed by atoms with van der Waals surface area (Å²) in [6, 6.07) is 5.17. The van der Waals surface area contributed by atoms with Crippen molar-refractivity contribution >= 4 is 11.8 Å². The van der Waals surface area contributed by atoms with Gasteiger partial charge in [0.05, 0.1) is 43.7 Å². The highest BCUT2D eigenvalue weighted by Gasteiger charge is 2.31. The lowest BCUT2D eigenvalue weighted by molar-refractivity contribution is -0.122. The maximum atomic E-state index is 12.7. The van der Waals surface area contributed by atoms with Crippen molar-refractivity contribution in [3.63, 3.8) is 0 Å². The summed E-state index contributed by atoms with van der Waals surface area (Å²) in [4.78, 5) is 34.8. The quantitative estimate of drug-likeness (QED) is 0.726. The Balaban J connectivity index is 1.45. The standard InChI is InChI=1S/C18H18N6O3/c25-17(21-9-15-2-1-7-27-15)8-14-12-23(11-13-3-4-22-24(13)14)18(26)16-10-19-5-6-20-16/h1-7,10,14H,8-9,11-12H2,(H,21,25)/t14-/m1/s1. The van der Waals surface area contributed by atoms with Crippen LogP contribution in [0.25, 0.3) is 0 Å². The summed E-state index contributed by atoms with van der Waals surface area (Å²) in [6.45, 7) is 1.12. The van der Waals surface area contributed by atoms with Gasteiger partial charge >= 0.3 is 0 Å². The third kappa shape index (κ3) is 3.71. The molecule has 0 saturated carbocycles. The molecule has 1 N–H and O–H groups in total. The van der Waals surface area contributed by atoms with Crippen LogP contribution in [0, 0.1) is 0 Å². The fourth-order valence-electron chi connectivity index (χ4n) is 3.15. The number of amides is 2. The van der Waals surface area contributed by atoms with Gasteiger partial charge in [0, 0.05) is 25.1 Å². The zero-order valence-corrected chi connectivity index (χ0v) is 14.5. The van der Waals surface area contributed by atoms with Gasteiger partial charge in [-0.15, -0.1) is 0 Å². The summed E-state index contributed by atoms with van der Waals surface area (Å²) in [5.41, 5.74) is 1.16. The number of aromatic nitrogens is 4. The minimum Gasteiger partial charge on any atom is -0.467 e. The molecule has 0 unspecified atom stereocenters. The number of rotatable bonds is 5. The minimum atomic E-state index is -0.249. The molecule has 0 aliphatic carbocycles. The highest BCUT2D eigenvalue weighted by molar-refractivity contribution is 5.92. The second-order valence-corrected chi connectivity index (χ2v) is 6.26. The van der Waals surface area contributed by atoms with Crippen molar-refractivity contribution in [2.75, 3.05) is 6.54 Å². The van der Waals surface area contributed by atoms with Gasteiger partial charge in [-0.25, -0.2) is 4.98 Å². The summed E-state index contributed by atoms with van der Waals surface area (Å²) in [5, 5.41) is 7.15. The number of nitrogens with zero attached hydrogens (tertiary/aromatic N) is 5. The van der Waals surface area contributed by atoms with Crippen molar-refractivity contribution in [3.05, 3.63) is 66.4 Å². The van der Waals surface area contributed by atoms with Gasteiger partial charge in [-0.3, -0.25) is 19.3 Å². The van der Waals surface area contributed by atoms with E-state index in [2.05, 4.69) is 20.4 Å². The Hall–Kier alpha value is -3.49. The molecule has 4 rings (SSSR count). The van der Waals surface area contributed by atoms with E-state index in [9.17, 15) is 9.59 Å². The lowest BCUT2D eigenvalue weighted by Crippen LogP contribution is -2.43. The topological polar surface area (TPSA) is 106 Å². The van der Waals surface area contributed by atoms with Crippen LogP contribution >= 0.6 is 0 Å². The molecular formula is C18H18N6O3. The molecule has 3 aromatic heterocycles. The van der Waals surface area contributed by atoms with Crippen LogP contribution in [-0.4, -0.2) is 43.0 Å². The molecule has 0 saturated heterocycles. The van der Waals surface area contributed by atoms with Crippen LogP contribution < -0.4 is 5.32 Å². The van der Waals surface area contributed by atoms with E-state index in [0.29, 0.717) is 25.4 Å². The van der Waals surface area contributed by atoms with Crippen molar-refractivity contribution in [2.24, 2.45) is 0 Å². The molecule has 0 radical (unpaired) electrons. The molecule has 9 nitrogen and oxygen atoms in total. The summed E-state index contributed by atoms with van der Waals surface area (Å²) < 4.78 is 7.03. The van der Waals surface area contributed by atoms with E-state index in [1.165, 1.54) is 18.6 Å². The van der Waals surface area contributed by atoms with Crippen molar-refractivity contribution in [3.8, 4) is 0 Å². The van der Waals surface area contributed by atoms with Crippen LogP contribution in [0.3, 0.4) is 0 Å². The maximum Gasteiger partial charge on any atom is 0.274 e. The molecule has 0 bridgehead atoms. The van der Waals surface area contributed by atoms with E-state index < -0.39 is 0 Å². The first kappa shape index (κ1) is 17.0. The first-order valence-electron chi connectivity index (χ1n) is 8.57. The zero-order valence-electron chi connectivity index (χ0n) is 14.5. The Morgan fingerprint density at radius 1 is 1.26 bits per heavy atom. The van der Waals surface area contributed by atoms with Crippen molar-refractivity contribution < 1.29 is 14.0 Å². The molecule has 27 heavy (non-hydrogen) atoms. The molecule has 0 aromatic carbocycles. The summed E-state index contributed by atoms with van der Waals surface area (Å²) in [7, 11) is 0. The Kier molecular flexibility index (Phi) is 4.65. The van der Waals surface area contributed by atoms with Gasteiger partial charge in [0.1, 0.15) is 11.5 Å². The largest absolute Gasteiger partial charge is 0.467 e. The molecule has 4 heterocycles. The van der Waals surface area contributed by atoms with E-state index in [0.717, 1.165) is 5.69 Å². The van der Waals surface area contributed by atoms with Gasteiger partial charge in [0.25, 0.3) is 5.91 Å². The first-order valence-corrected chi connectivity index (χ1v) is 8.57. The molecule has 0 fully saturated rings. The molecule has 0 spiro atoms. The second kappa shape index (κ2) is 7.40. The molecule has 1 atom stereocenters. The number of fused-ring (bicyclic) bond motifs is 1. The normalized spacial score (nSPS) is 16.0. The summed E-state index contributed by atoms with van der Waals surface area (Å²) in [6.07, 6.45) is 7.90. The van der Waals surface area contributed by atoms with E-state index in [1.807, 2.05) is 10.7 Å². The SMILES string of the molecule is O=C(C[C@@H]1CN(C(=O)c2cnccn2)Cc2ccnn21)NCc1ccco1. The Bertz CT molecular complexity index is 922. The fourth-order valence-corrected chi connectivity index (χ4v) is 3.15. The number of carbonyl (C=O) groups excluding carboxylic acids is 2. The van der Waals surface area contributed by atoms with Gasteiger partial charge in [0.15, 0.2) is 0 Å². The number of nitrogens with one attached hydrogen (secondary N) is 1. The smallest absolute Gasteiger partial charge is 0.274 e. The predicted octanol–water partition coefficient (Wildman–Crippen LogP) is 1.17. The average molecular weight is 366 g/mol. The monoisotopic (exact) mass is 366 g/mol. The predicted molar refractivity (Wildman–Crippen MR) is 93.2 cm³/mol. The Morgan fingerprint density at radius 2 is 2.19 bits per heavy atom. The van der Waals surface area contributed by atoms with E-state index in [-0.39, 0.29) is 30.0 Å². The summed E-state index contributed by atoms with van der Waals surface area (Å²) >= 11 is 0. The molecule has 1 aliphatic heterocycles. The van der Waals surface area contributed by atoms with Crippen molar-refractivity contribution in [2.45, 2.75) is 25.6 Å². The number of hydrogen-bond donors (Lipinski definition) is 1. The van der Waals surface area contributed by atoms with Gasteiger partial charge in [-0.05, 0) is 18.2 Å². The van der Waals surface area contributed by atoms with Crippen LogP contribution in [0.1, 0.15) is 34.4 Å². The van der Waals surface area contributed by atoms with E-state index in [1.54, 1.807) is 29.5 Å². The van der Waals surface area contributed by atoms with E-state index >= 15 is 0 Å². The summed E-state index contributed by atoms with van der Waals surface area (Å²) in [5.74, 6) is 0.342. The molecular weight excluding hydrogens is 348 g/mol. The Labute approximate surface area is 155 Å². The van der Waals surface area contributed by atoms with Gasteiger partial charge in [-0.1, -0.05) is 0 Å². The third-order valence-electron chi connectivity index (χ3n) is 4.41. The van der Waals surface area contributed by atoms with Crippen molar-refractivity contribution in [1.29, 1.82) is 0 Å². The molecule has 9 heteroatoms. The molecule has 1 aliphatic rings. The molecule has 138 valence electrons. The third-order valence-corrected chi connectivity index (χ3v) is 4.41.